The summed E-state index contributed by atoms with van der Waals surface area (Å²) in [7, 11) is 0. The molecule has 0 aliphatic rings. The first-order valence-corrected chi connectivity index (χ1v) is 27.4. The molecule has 2 unspecified atom stereocenters. The Morgan fingerprint density at radius 2 is 0.770 bits per heavy atom. The van der Waals surface area contributed by atoms with Gasteiger partial charge in [0, 0.05) is 12.8 Å². The molecule has 6 nitrogen and oxygen atoms in total. The van der Waals surface area contributed by atoms with E-state index in [1.54, 1.807) is 0 Å². The Bertz CT molecular complexity index is 909. The van der Waals surface area contributed by atoms with Gasteiger partial charge in [-0.1, -0.05) is 251 Å². The van der Waals surface area contributed by atoms with Crippen molar-refractivity contribution in [3.63, 3.8) is 0 Å². The Morgan fingerprint density at radius 3 is 1.16 bits per heavy atom. The predicted octanol–water partition coefficient (Wildman–Crippen LogP) is 16.5. The lowest BCUT2D eigenvalue weighted by Gasteiger charge is -2.22. The Kier molecular flexibility index (Phi) is 50.1. The van der Waals surface area contributed by atoms with E-state index in [4.69, 9.17) is 4.74 Å². The molecule has 362 valence electrons. The number of nitrogens with one attached hydrogen (secondary N) is 1. The number of carbonyl (C=O) groups excluding carboxylic acids is 2. The molecule has 6 heteroatoms. The lowest BCUT2D eigenvalue weighted by Crippen LogP contribution is -2.45. The third-order valence-electron chi connectivity index (χ3n) is 12.8. The summed E-state index contributed by atoms with van der Waals surface area (Å²) in [4.78, 5) is 24.4. The molecule has 0 fully saturated rings. The van der Waals surface area contributed by atoms with Crippen LogP contribution in [0.25, 0.3) is 0 Å². The Balaban J connectivity index is 3.38. The normalized spacial score (nSPS) is 12.7. The van der Waals surface area contributed by atoms with Crippen LogP contribution in [-0.4, -0.2) is 47.4 Å². The number of esters is 1. The second-order valence-electron chi connectivity index (χ2n) is 18.9. The zero-order valence-corrected chi connectivity index (χ0v) is 41.2. The number of rotatable bonds is 51. The molecule has 0 aromatic carbocycles. The molecular weight excluding hydrogens is 755 g/mol. The monoisotopic (exact) mass is 862 g/mol. The van der Waals surface area contributed by atoms with Crippen molar-refractivity contribution < 1.29 is 24.5 Å². The van der Waals surface area contributed by atoms with E-state index < -0.39 is 12.1 Å². The zero-order valence-electron chi connectivity index (χ0n) is 41.2. The van der Waals surface area contributed by atoms with Gasteiger partial charge in [0.15, 0.2) is 0 Å². The molecule has 0 aliphatic carbocycles. The number of unbranched alkanes of at least 4 members (excludes halogenated alkanes) is 38. The number of ether oxygens (including phenoxy) is 1. The van der Waals surface area contributed by atoms with Crippen molar-refractivity contribution in [2.24, 2.45) is 0 Å². The predicted molar refractivity (Wildman–Crippen MR) is 264 cm³/mol. The van der Waals surface area contributed by atoms with Gasteiger partial charge in [0.1, 0.15) is 0 Å². The highest BCUT2D eigenvalue weighted by atomic mass is 16.5. The third-order valence-corrected chi connectivity index (χ3v) is 12.8. The Hall–Kier alpha value is -1.40. The summed E-state index contributed by atoms with van der Waals surface area (Å²) >= 11 is 0. The summed E-state index contributed by atoms with van der Waals surface area (Å²) in [6.45, 7) is 4.93. The fourth-order valence-electron chi connectivity index (χ4n) is 8.58. The Morgan fingerprint density at radius 1 is 0.443 bits per heavy atom. The van der Waals surface area contributed by atoms with Gasteiger partial charge in [0.05, 0.1) is 25.4 Å². The van der Waals surface area contributed by atoms with Gasteiger partial charge in [0.25, 0.3) is 0 Å². The van der Waals surface area contributed by atoms with E-state index in [9.17, 15) is 19.8 Å². The molecule has 1 amide bonds. The number of allylic oxidation sites excluding steroid dienone is 2. The van der Waals surface area contributed by atoms with Crippen molar-refractivity contribution in [2.45, 2.75) is 315 Å². The van der Waals surface area contributed by atoms with Gasteiger partial charge in [0.2, 0.25) is 5.91 Å². The number of carbonyl (C=O) groups is 2. The summed E-state index contributed by atoms with van der Waals surface area (Å²) in [5, 5.41) is 23.1. The van der Waals surface area contributed by atoms with Crippen LogP contribution in [0.4, 0.5) is 0 Å². The minimum atomic E-state index is -0.666. The summed E-state index contributed by atoms with van der Waals surface area (Å²) in [6, 6.07) is -0.544. The van der Waals surface area contributed by atoms with Gasteiger partial charge in [-0.05, 0) is 51.4 Å². The first-order chi connectivity index (χ1) is 30.0. The standard InChI is InChI=1S/C55H107NO5/c1-3-5-7-9-11-13-14-15-26-29-33-37-41-45-49-55(60)61-50-46-42-38-34-30-27-24-22-20-18-16-17-19-21-23-25-28-32-36-40-44-48-54(59)56-52(51-57)53(58)47-43-39-35-31-12-10-8-6-4-2/h17,19,52-53,57-58H,3-16,18,20-51H2,1-2H3,(H,56,59)/b19-17-. The molecule has 0 spiro atoms. The Labute approximate surface area is 380 Å². The van der Waals surface area contributed by atoms with Crippen LogP contribution in [-0.2, 0) is 14.3 Å². The average molecular weight is 862 g/mol. The van der Waals surface area contributed by atoms with Crippen LogP contribution in [0.15, 0.2) is 12.2 Å². The minimum absolute atomic E-state index is 0.0105. The summed E-state index contributed by atoms with van der Waals surface area (Å²) in [5.74, 6) is -0.0340. The van der Waals surface area contributed by atoms with Crippen molar-refractivity contribution >= 4 is 11.9 Å². The average Bonchev–Trinajstić information content (AvgIpc) is 3.26. The molecule has 61 heavy (non-hydrogen) atoms. The second kappa shape index (κ2) is 51.2. The number of aliphatic hydroxyl groups is 2. The maximum atomic E-state index is 12.4. The maximum absolute atomic E-state index is 12.4. The van der Waals surface area contributed by atoms with Crippen molar-refractivity contribution in [2.75, 3.05) is 13.2 Å². The van der Waals surface area contributed by atoms with E-state index in [1.807, 2.05) is 0 Å². The molecule has 0 heterocycles. The number of amides is 1. The van der Waals surface area contributed by atoms with Gasteiger partial charge in [-0.15, -0.1) is 0 Å². The van der Waals surface area contributed by atoms with Crippen LogP contribution in [0.5, 0.6) is 0 Å². The highest BCUT2D eigenvalue weighted by Gasteiger charge is 2.20. The molecule has 0 saturated carbocycles. The van der Waals surface area contributed by atoms with Crippen LogP contribution in [0.3, 0.4) is 0 Å². The van der Waals surface area contributed by atoms with E-state index in [0.29, 0.717) is 25.9 Å². The SMILES string of the molecule is CCCCCCCCCCCCCCCCC(=O)OCCCCCCCCCCCC/C=C\CCCCCCCCCC(=O)NC(CO)C(O)CCCCCCCCCCC. The van der Waals surface area contributed by atoms with Crippen LogP contribution < -0.4 is 5.32 Å². The number of aliphatic hydroxyl groups excluding tert-OH is 2. The third kappa shape index (κ3) is 47.9. The fraction of sp³-hybridized carbons (Fsp3) is 0.927. The number of hydrogen-bond acceptors (Lipinski definition) is 5. The van der Waals surface area contributed by atoms with Crippen molar-refractivity contribution in [3.05, 3.63) is 12.2 Å². The maximum Gasteiger partial charge on any atom is 0.305 e. The highest BCUT2D eigenvalue weighted by Crippen LogP contribution is 2.17. The van der Waals surface area contributed by atoms with Gasteiger partial charge in [-0.25, -0.2) is 0 Å². The first kappa shape index (κ1) is 59.6. The topological polar surface area (TPSA) is 95.9 Å². The lowest BCUT2D eigenvalue weighted by atomic mass is 10.0. The van der Waals surface area contributed by atoms with Crippen molar-refractivity contribution in [1.82, 2.24) is 5.32 Å². The van der Waals surface area contributed by atoms with Crippen molar-refractivity contribution in [1.29, 1.82) is 0 Å². The molecule has 0 aromatic rings. The van der Waals surface area contributed by atoms with E-state index in [1.165, 1.54) is 231 Å². The minimum Gasteiger partial charge on any atom is -0.466 e. The second-order valence-corrected chi connectivity index (χ2v) is 18.9. The molecule has 0 saturated heterocycles. The summed E-state index contributed by atoms with van der Waals surface area (Å²) in [5.41, 5.74) is 0. The van der Waals surface area contributed by atoms with E-state index in [-0.39, 0.29) is 18.5 Å². The number of hydrogen-bond donors (Lipinski definition) is 3. The molecule has 2 atom stereocenters. The van der Waals surface area contributed by atoms with Gasteiger partial charge in [-0.3, -0.25) is 9.59 Å². The molecule has 0 aliphatic heterocycles. The summed E-state index contributed by atoms with van der Waals surface area (Å²) in [6.07, 6.45) is 59.2. The van der Waals surface area contributed by atoms with Crippen LogP contribution in [0.1, 0.15) is 303 Å². The van der Waals surface area contributed by atoms with E-state index in [0.717, 1.165) is 38.5 Å². The fourth-order valence-corrected chi connectivity index (χ4v) is 8.58. The van der Waals surface area contributed by atoms with Gasteiger partial charge < -0.3 is 20.3 Å². The van der Waals surface area contributed by atoms with Crippen LogP contribution in [0, 0.1) is 0 Å². The first-order valence-electron chi connectivity index (χ1n) is 27.4. The van der Waals surface area contributed by atoms with Gasteiger partial charge >= 0.3 is 5.97 Å². The zero-order chi connectivity index (χ0) is 44.4. The molecule has 0 radical (unpaired) electrons. The van der Waals surface area contributed by atoms with E-state index >= 15 is 0 Å². The quantitative estimate of drug-likeness (QED) is 0.0322. The lowest BCUT2D eigenvalue weighted by molar-refractivity contribution is -0.143. The molecule has 0 bridgehead atoms. The van der Waals surface area contributed by atoms with Crippen LogP contribution >= 0.6 is 0 Å². The molecule has 3 N–H and O–H groups in total. The largest absolute Gasteiger partial charge is 0.466 e. The molecule has 0 rings (SSSR count). The van der Waals surface area contributed by atoms with Gasteiger partial charge in [-0.2, -0.15) is 0 Å². The van der Waals surface area contributed by atoms with E-state index in [2.05, 4.69) is 31.3 Å². The van der Waals surface area contributed by atoms with Crippen molar-refractivity contribution in [3.8, 4) is 0 Å². The molecular formula is C55H107NO5. The molecule has 0 aromatic heterocycles. The summed E-state index contributed by atoms with van der Waals surface area (Å²) < 4.78 is 5.47. The highest BCUT2D eigenvalue weighted by molar-refractivity contribution is 5.76. The smallest absolute Gasteiger partial charge is 0.305 e. The van der Waals surface area contributed by atoms with Crippen LogP contribution in [0.2, 0.25) is 0 Å².